The minimum Gasteiger partial charge on any atom is -0.423 e. The fourth-order valence-electron chi connectivity index (χ4n) is 2.40. The predicted molar refractivity (Wildman–Crippen MR) is 103 cm³/mol. The quantitative estimate of drug-likeness (QED) is 0.251. The lowest BCUT2D eigenvalue weighted by atomic mass is 10.0. The lowest BCUT2D eigenvalue weighted by Crippen LogP contribution is -2.08. The first-order valence-electron chi connectivity index (χ1n) is 8.01. The molecule has 0 atom stereocenters. The first-order chi connectivity index (χ1) is 13.0. The van der Waals surface area contributed by atoms with E-state index in [-0.39, 0.29) is 5.56 Å². The molecular formula is C22H13ClFNO2. The highest BCUT2D eigenvalue weighted by atomic mass is 35.5. The largest absolute Gasteiger partial charge is 0.423 e. The summed E-state index contributed by atoms with van der Waals surface area (Å²) in [4.78, 5) is 12.1. The zero-order valence-electron chi connectivity index (χ0n) is 14.0. The van der Waals surface area contributed by atoms with Gasteiger partial charge in [-0.15, -0.1) is 0 Å². The van der Waals surface area contributed by atoms with E-state index in [0.29, 0.717) is 21.9 Å². The number of hydrogen-bond donors (Lipinski definition) is 0. The zero-order chi connectivity index (χ0) is 19.2. The van der Waals surface area contributed by atoms with E-state index in [4.69, 9.17) is 16.3 Å². The van der Waals surface area contributed by atoms with Crippen LogP contribution in [0.3, 0.4) is 0 Å². The van der Waals surface area contributed by atoms with E-state index < -0.39 is 11.8 Å². The average molecular weight is 378 g/mol. The van der Waals surface area contributed by atoms with Crippen LogP contribution in [0, 0.1) is 17.1 Å². The minimum atomic E-state index is -0.589. The maximum atomic E-state index is 13.0. The van der Waals surface area contributed by atoms with Crippen LogP contribution in [0.15, 0.2) is 72.8 Å². The molecule has 0 saturated carbocycles. The summed E-state index contributed by atoms with van der Waals surface area (Å²) in [6, 6.07) is 21.0. The molecule has 0 aliphatic heterocycles. The van der Waals surface area contributed by atoms with Gasteiger partial charge in [-0.05, 0) is 65.7 Å². The van der Waals surface area contributed by atoms with Gasteiger partial charge in [-0.1, -0.05) is 35.9 Å². The highest BCUT2D eigenvalue weighted by Crippen LogP contribution is 2.22. The Balaban J connectivity index is 1.82. The number of nitrogens with zero attached hydrogens (tertiary/aromatic N) is 1. The first kappa shape index (κ1) is 18.4. The Labute approximate surface area is 160 Å². The van der Waals surface area contributed by atoms with Crippen molar-refractivity contribution in [1.29, 1.82) is 5.26 Å². The van der Waals surface area contributed by atoms with Crippen LogP contribution in [0.1, 0.15) is 21.5 Å². The van der Waals surface area contributed by atoms with Gasteiger partial charge in [0.25, 0.3) is 0 Å². The molecule has 3 aromatic carbocycles. The van der Waals surface area contributed by atoms with E-state index >= 15 is 0 Å². The molecule has 0 unspecified atom stereocenters. The van der Waals surface area contributed by atoms with Crippen LogP contribution in [-0.2, 0) is 0 Å². The summed E-state index contributed by atoms with van der Waals surface area (Å²) >= 11 is 5.88. The molecule has 0 aromatic heterocycles. The van der Waals surface area contributed by atoms with E-state index in [0.717, 1.165) is 5.56 Å². The minimum absolute atomic E-state index is 0.247. The molecule has 3 rings (SSSR count). The third kappa shape index (κ3) is 4.81. The highest BCUT2D eigenvalue weighted by Gasteiger charge is 2.09. The number of nitriles is 1. The summed E-state index contributed by atoms with van der Waals surface area (Å²) in [6.45, 7) is 0. The molecule has 27 heavy (non-hydrogen) atoms. The number of esters is 1. The Kier molecular flexibility index (Phi) is 5.65. The Morgan fingerprint density at radius 1 is 1.00 bits per heavy atom. The van der Waals surface area contributed by atoms with Gasteiger partial charge < -0.3 is 4.74 Å². The second-order valence-electron chi connectivity index (χ2n) is 5.65. The Morgan fingerprint density at radius 2 is 1.67 bits per heavy atom. The first-order valence-corrected chi connectivity index (χ1v) is 8.38. The van der Waals surface area contributed by atoms with Gasteiger partial charge in [0.05, 0.1) is 17.2 Å². The number of rotatable bonds is 4. The second kappa shape index (κ2) is 8.31. The van der Waals surface area contributed by atoms with Crippen LogP contribution in [-0.4, -0.2) is 5.97 Å². The Morgan fingerprint density at radius 3 is 2.33 bits per heavy atom. The average Bonchev–Trinajstić information content (AvgIpc) is 2.68. The van der Waals surface area contributed by atoms with E-state index in [1.165, 1.54) is 24.3 Å². The number of benzene rings is 3. The van der Waals surface area contributed by atoms with Crippen molar-refractivity contribution in [1.82, 2.24) is 0 Å². The molecule has 3 nitrogen and oxygen atoms in total. The fraction of sp³-hybridized carbons (Fsp3) is 0. The number of carbonyl (C=O) groups is 1. The summed E-state index contributed by atoms with van der Waals surface area (Å²) in [5.41, 5.74) is 2.13. The van der Waals surface area contributed by atoms with Crippen molar-refractivity contribution in [3.8, 4) is 11.8 Å². The van der Waals surface area contributed by atoms with Gasteiger partial charge in [-0.25, -0.2) is 9.18 Å². The lowest BCUT2D eigenvalue weighted by Gasteiger charge is -2.06. The maximum Gasteiger partial charge on any atom is 0.343 e. The summed E-state index contributed by atoms with van der Waals surface area (Å²) in [6.07, 6.45) is 1.69. The molecule has 0 heterocycles. The van der Waals surface area contributed by atoms with Gasteiger partial charge in [0, 0.05) is 5.02 Å². The van der Waals surface area contributed by atoms with Crippen molar-refractivity contribution in [3.05, 3.63) is 100 Å². The topological polar surface area (TPSA) is 50.1 Å². The van der Waals surface area contributed by atoms with Crippen LogP contribution in [0.5, 0.6) is 5.75 Å². The monoisotopic (exact) mass is 377 g/mol. The Hall–Kier alpha value is -3.42. The molecule has 0 N–H and O–H groups in total. The second-order valence-corrected chi connectivity index (χ2v) is 6.08. The number of halogens is 2. The van der Waals surface area contributed by atoms with Crippen molar-refractivity contribution in [2.24, 2.45) is 0 Å². The molecule has 0 amide bonds. The molecular weight excluding hydrogens is 365 g/mol. The van der Waals surface area contributed by atoms with Gasteiger partial charge >= 0.3 is 5.97 Å². The van der Waals surface area contributed by atoms with Crippen LogP contribution in [0.4, 0.5) is 4.39 Å². The van der Waals surface area contributed by atoms with Crippen LogP contribution in [0.2, 0.25) is 5.02 Å². The third-order valence-corrected chi connectivity index (χ3v) is 3.99. The van der Waals surface area contributed by atoms with Gasteiger partial charge in [-0.2, -0.15) is 5.26 Å². The molecule has 0 radical (unpaired) electrons. The Bertz CT molecular complexity index is 1040. The molecule has 0 aliphatic rings. The van der Waals surface area contributed by atoms with E-state index in [1.54, 1.807) is 54.6 Å². The molecule has 0 aliphatic carbocycles. The smallest absolute Gasteiger partial charge is 0.343 e. The number of hydrogen-bond acceptors (Lipinski definition) is 3. The number of allylic oxidation sites excluding steroid dienone is 1. The fourth-order valence-corrected chi connectivity index (χ4v) is 2.52. The van der Waals surface area contributed by atoms with E-state index in [1.807, 2.05) is 0 Å². The highest BCUT2D eigenvalue weighted by molar-refractivity contribution is 6.30. The summed E-state index contributed by atoms with van der Waals surface area (Å²) in [5, 5.41) is 10.0. The van der Waals surface area contributed by atoms with E-state index in [2.05, 4.69) is 6.07 Å². The summed E-state index contributed by atoms with van der Waals surface area (Å²) in [5.74, 6) is -0.689. The maximum absolute atomic E-state index is 13.0. The molecule has 0 bridgehead atoms. The van der Waals surface area contributed by atoms with Gasteiger partial charge in [0.1, 0.15) is 11.6 Å². The van der Waals surface area contributed by atoms with Crippen LogP contribution >= 0.6 is 11.6 Å². The standard InChI is InChI=1S/C22H13ClFNO2/c23-19-8-4-16(5-9-19)18(14-25)12-15-2-1-3-21(13-15)27-22(26)17-6-10-20(24)11-7-17/h1-13H/b18-12-. The van der Waals surface area contributed by atoms with Gasteiger partial charge in [0.2, 0.25) is 0 Å². The lowest BCUT2D eigenvalue weighted by molar-refractivity contribution is 0.0734. The number of carbonyl (C=O) groups excluding carboxylic acids is 1. The SMILES string of the molecule is N#C/C(=C/c1cccc(OC(=O)c2ccc(F)cc2)c1)c1ccc(Cl)cc1. The molecule has 5 heteroatoms. The van der Waals surface area contributed by atoms with Crippen molar-refractivity contribution in [2.45, 2.75) is 0 Å². The number of ether oxygens (including phenoxy) is 1. The van der Waals surface area contributed by atoms with Crippen molar-refractivity contribution in [3.63, 3.8) is 0 Å². The molecule has 0 spiro atoms. The van der Waals surface area contributed by atoms with Gasteiger partial charge in [0.15, 0.2) is 0 Å². The molecule has 132 valence electrons. The van der Waals surface area contributed by atoms with Gasteiger partial charge in [-0.3, -0.25) is 0 Å². The molecule has 0 fully saturated rings. The van der Waals surface area contributed by atoms with E-state index in [9.17, 15) is 14.4 Å². The van der Waals surface area contributed by atoms with Crippen LogP contribution < -0.4 is 4.74 Å². The molecule has 0 saturated heterocycles. The van der Waals surface area contributed by atoms with Crippen LogP contribution in [0.25, 0.3) is 11.6 Å². The zero-order valence-corrected chi connectivity index (χ0v) is 14.8. The van der Waals surface area contributed by atoms with Crippen molar-refractivity contribution in [2.75, 3.05) is 0 Å². The third-order valence-electron chi connectivity index (χ3n) is 3.74. The van der Waals surface area contributed by atoms with Crippen molar-refractivity contribution >= 4 is 29.2 Å². The summed E-state index contributed by atoms with van der Waals surface area (Å²) < 4.78 is 18.3. The molecule has 3 aromatic rings. The van der Waals surface area contributed by atoms with Crippen molar-refractivity contribution < 1.29 is 13.9 Å². The normalized spacial score (nSPS) is 10.9. The predicted octanol–water partition coefficient (Wildman–Crippen LogP) is 5.76. The summed E-state index contributed by atoms with van der Waals surface area (Å²) in [7, 11) is 0.